The summed E-state index contributed by atoms with van der Waals surface area (Å²) < 4.78 is 26.5. The van der Waals surface area contributed by atoms with E-state index in [-0.39, 0.29) is 10.6 Å². The average molecular weight is 312 g/mol. The van der Waals surface area contributed by atoms with Gasteiger partial charge in [-0.15, -0.1) is 0 Å². The third kappa shape index (κ3) is 3.96. The van der Waals surface area contributed by atoms with Gasteiger partial charge in [0.15, 0.2) is 0 Å². The monoisotopic (exact) mass is 311 g/mol. The van der Waals surface area contributed by atoms with Crippen LogP contribution in [0.4, 0.5) is 0 Å². The predicted octanol–water partition coefficient (Wildman–Crippen LogP) is 2.57. The van der Waals surface area contributed by atoms with E-state index in [9.17, 15) is 8.42 Å². The Kier molecular flexibility index (Phi) is 4.65. The minimum Gasteiger partial charge on any atom is -0.508 e. The molecule has 106 valence electrons. The van der Waals surface area contributed by atoms with Crippen LogP contribution < -0.4 is 4.72 Å². The smallest absolute Gasteiger partial charge is 0.240 e. The van der Waals surface area contributed by atoms with Crippen LogP contribution in [0.1, 0.15) is 5.56 Å². The van der Waals surface area contributed by atoms with Crippen LogP contribution in [-0.2, 0) is 16.4 Å². The number of phenolic OH excluding ortho intramolecular Hbond substituents is 1. The molecule has 2 rings (SSSR count). The molecule has 4 nitrogen and oxygen atoms in total. The van der Waals surface area contributed by atoms with Crippen molar-refractivity contribution >= 4 is 21.6 Å². The third-order valence-corrected chi connectivity index (χ3v) is 4.49. The molecule has 0 saturated carbocycles. The summed E-state index contributed by atoms with van der Waals surface area (Å²) in [5.74, 6) is 0.0325. The first kappa shape index (κ1) is 14.8. The van der Waals surface area contributed by atoms with Crippen molar-refractivity contribution in [3.8, 4) is 5.75 Å². The molecule has 2 N–H and O–H groups in total. The van der Waals surface area contributed by atoms with E-state index < -0.39 is 10.0 Å². The Morgan fingerprint density at radius 3 is 2.20 bits per heavy atom. The molecule has 0 bridgehead atoms. The van der Waals surface area contributed by atoms with Gasteiger partial charge in [0.25, 0.3) is 0 Å². The van der Waals surface area contributed by atoms with Gasteiger partial charge < -0.3 is 5.11 Å². The Morgan fingerprint density at radius 1 is 1.00 bits per heavy atom. The van der Waals surface area contributed by atoms with E-state index in [1.165, 1.54) is 24.3 Å². The summed E-state index contributed by atoms with van der Waals surface area (Å²) in [6.45, 7) is 0.296. The minimum absolute atomic E-state index is 0.0325. The van der Waals surface area contributed by atoms with Crippen LogP contribution in [0.15, 0.2) is 53.4 Å². The van der Waals surface area contributed by atoms with E-state index in [1.807, 2.05) is 12.1 Å². The fourth-order valence-electron chi connectivity index (χ4n) is 1.69. The molecule has 2 aromatic rings. The zero-order valence-corrected chi connectivity index (χ0v) is 12.2. The van der Waals surface area contributed by atoms with Crippen molar-refractivity contribution in [1.29, 1.82) is 0 Å². The highest BCUT2D eigenvalue weighted by molar-refractivity contribution is 7.89. The lowest BCUT2D eigenvalue weighted by Gasteiger charge is -2.07. The van der Waals surface area contributed by atoms with E-state index >= 15 is 0 Å². The van der Waals surface area contributed by atoms with Gasteiger partial charge >= 0.3 is 0 Å². The highest BCUT2D eigenvalue weighted by Gasteiger charge is 2.12. The zero-order chi connectivity index (χ0) is 14.6. The van der Waals surface area contributed by atoms with Gasteiger partial charge in [-0.2, -0.15) is 0 Å². The molecule has 0 spiro atoms. The number of nitrogens with one attached hydrogen (secondary N) is 1. The number of benzene rings is 2. The maximum Gasteiger partial charge on any atom is 0.240 e. The first-order chi connectivity index (χ1) is 9.47. The van der Waals surface area contributed by atoms with Crippen LogP contribution in [0.3, 0.4) is 0 Å². The Bertz CT molecular complexity index is 667. The Hall–Kier alpha value is -1.56. The Morgan fingerprint density at radius 2 is 1.60 bits per heavy atom. The lowest BCUT2D eigenvalue weighted by molar-refractivity contribution is 0.474. The number of halogens is 1. The summed E-state index contributed by atoms with van der Waals surface area (Å²) in [5, 5.41) is 9.79. The molecule has 2 aromatic carbocycles. The van der Waals surface area contributed by atoms with Crippen molar-refractivity contribution < 1.29 is 13.5 Å². The van der Waals surface area contributed by atoms with Crippen LogP contribution in [0, 0.1) is 0 Å². The molecule has 0 aliphatic rings. The first-order valence-corrected chi connectivity index (χ1v) is 7.87. The Labute approximate surface area is 123 Å². The van der Waals surface area contributed by atoms with E-state index in [4.69, 9.17) is 16.7 Å². The van der Waals surface area contributed by atoms with Crippen molar-refractivity contribution in [2.24, 2.45) is 0 Å². The van der Waals surface area contributed by atoms with Gasteiger partial charge in [-0.3, -0.25) is 0 Å². The van der Waals surface area contributed by atoms with Gasteiger partial charge in [-0.25, -0.2) is 13.1 Å². The number of rotatable bonds is 5. The van der Waals surface area contributed by atoms with E-state index in [2.05, 4.69) is 4.72 Å². The summed E-state index contributed by atoms with van der Waals surface area (Å²) >= 11 is 5.78. The number of sulfonamides is 1. The van der Waals surface area contributed by atoms with E-state index in [0.29, 0.717) is 18.0 Å². The summed E-state index contributed by atoms with van der Waals surface area (Å²) in [6.07, 6.45) is 0.578. The van der Waals surface area contributed by atoms with E-state index in [1.54, 1.807) is 12.1 Å². The minimum atomic E-state index is -3.54. The lowest BCUT2D eigenvalue weighted by atomic mass is 10.2. The highest BCUT2D eigenvalue weighted by Crippen LogP contribution is 2.14. The molecule has 0 saturated heterocycles. The molecule has 0 radical (unpaired) electrons. The highest BCUT2D eigenvalue weighted by atomic mass is 35.5. The summed E-state index contributed by atoms with van der Waals surface area (Å²) in [7, 11) is -3.54. The van der Waals surface area contributed by atoms with Crippen LogP contribution in [0.25, 0.3) is 0 Å². The predicted molar refractivity (Wildman–Crippen MR) is 78.5 cm³/mol. The van der Waals surface area contributed by atoms with Gasteiger partial charge in [-0.1, -0.05) is 23.7 Å². The molecule has 0 unspecified atom stereocenters. The molecule has 6 heteroatoms. The number of hydrogen-bond acceptors (Lipinski definition) is 3. The van der Waals surface area contributed by atoms with E-state index in [0.717, 1.165) is 5.56 Å². The summed E-state index contributed by atoms with van der Waals surface area (Å²) in [6, 6.07) is 12.7. The van der Waals surface area contributed by atoms with Crippen molar-refractivity contribution in [3.05, 3.63) is 59.1 Å². The second-order valence-corrected chi connectivity index (χ2v) is 6.47. The van der Waals surface area contributed by atoms with Gasteiger partial charge in [0.1, 0.15) is 5.75 Å². The molecule has 0 amide bonds. The van der Waals surface area contributed by atoms with Crippen LogP contribution in [-0.4, -0.2) is 20.1 Å². The largest absolute Gasteiger partial charge is 0.508 e. The zero-order valence-electron chi connectivity index (χ0n) is 10.6. The van der Waals surface area contributed by atoms with Crippen LogP contribution in [0.2, 0.25) is 5.02 Å². The fraction of sp³-hybridized carbons (Fsp3) is 0.143. The van der Waals surface area contributed by atoms with Crippen molar-refractivity contribution in [1.82, 2.24) is 4.72 Å². The average Bonchev–Trinajstić information content (AvgIpc) is 2.41. The second-order valence-electron chi connectivity index (χ2n) is 4.27. The normalized spacial score (nSPS) is 11.4. The number of phenols is 1. The molecular formula is C14H14ClNO3S. The fourth-order valence-corrected chi connectivity index (χ4v) is 2.85. The Balaban J connectivity index is 1.96. The molecule has 20 heavy (non-hydrogen) atoms. The molecule has 0 aliphatic carbocycles. The van der Waals surface area contributed by atoms with Crippen LogP contribution >= 0.6 is 11.6 Å². The van der Waals surface area contributed by atoms with Gasteiger partial charge in [-0.05, 0) is 48.4 Å². The topological polar surface area (TPSA) is 66.4 Å². The second kappa shape index (κ2) is 6.26. The molecule has 0 aliphatic heterocycles. The molecule has 0 fully saturated rings. The SMILES string of the molecule is O=S(=O)(NCCc1ccc(Cl)cc1)c1ccc(O)cc1. The van der Waals surface area contributed by atoms with Gasteiger partial charge in [0.05, 0.1) is 4.90 Å². The van der Waals surface area contributed by atoms with Gasteiger partial charge in [0.2, 0.25) is 10.0 Å². The van der Waals surface area contributed by atoms with Crippen molar-refractivity contribution in [2.45, 2.75) is 11.3 Å². The molecule has 0 aromatic heterocycles. The summed E-state index contributed by atoms with van der Waals surface area (Å²) in [5.41, 5.74) is 1.00. The van der Waals surface area contributed by atoms with Crippen LogP contribution in [0.5, 0.6) is 5.75 Å². The van der Waals surface area contributed by atoms with Crippen molar-refractivity contribution in [3.63, 3.8) is 0 Å². The first-order valence-electron chi connectivity index (χ1n) is 6.00. The number of aromatic hydroxyl groups is 1. The number of hydrogen-bond donors (Lipinski definition) is 2. The molecule has 0 heterocycles. The van der Waals surface area contributed by atoms with Gasteiger partial charge in [0, 0.05) is 11.6 Å². The standard InChI is InChI=1S/C14H14ClNO3S/c15-12-3-1-11(2-4-12)9-10-16-20(18,19)14-7-5-13(17)6-8-14/h1-8,16-17H,9-10H2. The van der Waals surface area contributed by atoms with Crippen molar-refractivity contribution in [2.75, 3.05) is 6.54 Å². The lowest BCUT2D eigenvalue weighted by Crippen LogP contribution is -2.25. The third-order valence-electron chi connectivity index (χ3n) is 2.77. The molecular weight excluding hydrogens is 298 g/mol. The maximum atomic E-state index is 12.0. The summed E-state index contributed by atoms with van der Waals surface area (Å²) in [4.78, 5) is 0.131. The maximum absolute atomic E-state index is 12.0. The molecule has 0 atom stereocenters. The quantitative estimate of drug-likeness (QED) is 0.892.